The summed E-state index contributed by atoms with van der Waals surface area (Å²) in [6.45, 7) is 6.17. The number of carbonyl (C=O) groups is 2. The van der Waals surface area contributed by atoms with E-state index in [9.17, 15) is 23.1 Å². The zero-order valence-corrected chi connectivity index (χ0v) is 23.9. The molecule has 0 radical (unpaired) electrons. The number of hydrogen-bond acceptors (Lipinski definition) is 6. The Morgan fingerprint density at radius 2 is 1.48 bits per heavy atom. The topological polar surface area (TPSA) is 127 Å². The van der Waals surface area contributed by atoms with Crippen LogP contribution in [0.3, 0.4) is 0 Å². The van der Waals surface area contributed by atoms with Crippen molar-refractivity contribution in [1.82, 2.24) is 4.31 Å². The smallest absolute Gasteiger partial charge is 0.424 e. The molecule has 0 saturated heterocycles. The van der Waals surface area contributed by atoms with Crippen LogP contribution in [0.4, 0.5) is 4.79 Å². The molecule has 0 spiro atoms. The molecule has 1 atom stereocenters. The monoisotopic (exact) mass is 564 g/mol. The standard InChI is InChI=1S/C31H36N2O6S/c1-31(2,3)21-15-17-22(18-16-21)40(37,38)33(28(29(34)35)14-8-9-19-32)30(36)39-20-27-25-12-6-4-10-23(25)24-11-5-7-13-26(24)27/h4-7,10-13,15-18,27-28H,8-9,14,19-20,32H2,1-3H3,(H,34,35)/t28-/m0/s1. The van der Waals surface area contributed by atoms with Gasteiger partial charge in [-0.05, 0) is 71.2 Å². The number of carboxylic acid groups (broad SMARTS) is 1. The van der Waals surface area contributed by atoms with E-state index in [0.29, 0.717) is 23.7 Å². The lowest BCUT2D eigenvalue weighted by atomic mass is 9.87. The highest BCUT2D eigenvalue weighted by molar-refractivity contribution is 7.89. The van der Waals surface area contributed by atoms with E-state index < -0.39 is 28.1 Å². The summed E-state index contributed by atoms with van der Waals surface area (Å²) >= 11 is 0. The molecular weight excluding hydrogens is 528 g/mol. The lowest BCUT2D eigenvalue weighted by molar-refractivity contribution is -0.141. The normalized spacial score (nSPS) is 13.8. The molecule has 212 valence electrons. The number of ether oxygens (including phenoxy) is 1. The number of amides is 1. The van der Waals surface area contributed by atoms with Gasteiger partial charge in [0.2, 0.25) is 0 Å². The van der Waals surface area contributed by atoms with Crippen molar-refractivity contribution < 1.29 is 27.9 Å². The minimum atomic E-state index is -4.56. The van der Waals surface area contributed by atoms with Gasteiger partial charge in [-0.2, -0.15) is 4.31 Å². The Morgan fingerprint density at radius 3 is 1.98 bits per heavy atom. The molecule has 1 amide bonds. The van der Waals surface area contributed by atoms with Gasteiger partial charge in [-0.15, -0.1) is 0 Å². The molecule has 3 aromatic carbocycles. The largest absolute Gasteiger partial charge is 0.480 e. The van der Waals surface area contributed by atoms with Crippen LogP contribution >= 0.6 is 0 Å². The van der Waals surface area contributed by atoms with Gasteiger partial charge in [-0.3, -0.25) is 0 Å². The lowest BCUT2D eigenvalue weighted by Crippen LogP contribution is -2.49. The van der Waals surface area contributed by atoms with Crippen LogP contribution in [0.2, 0.25) is 0 Å². The number of sulfonamides is 1. The van der Waals surface area contributed by atoms with Crippen LogP contribution in [0.1, 0.15) is 62.6 Å². The van der Waals surface area contributed by atoms with E-state index in [1.165, 1.54) is 12.1 Å². The van der Waals surface area contributed by atoms with Crippen molar-refractivity contribution in [1.29, 1.82) is 0 Å². The van der Waals surface area contributed by atoms with E-state index in [1.807, 2.05) is 69.3 Å². The van der Waals surface area contributed by atoms with Gasteiger partial charge in [0.25, 0.3) is 10.0 Å². The Morgan fingerprint density at radius 1 is 0.925 bits per heavy atom. The molecule has 40 heavy (non-hydrogen) atoms. The van der Waals surface area contributed by atoms with E-state index in [4.69, 9.17) is 10.5 Å². The quantitative estimate of drug-likeness (QED) is 0.311. The zero-order chi connectivity index (χ0) is 29.1. The molecule has 9 heteroatoms. The lowest BCUT2D eigenvalue weighted by Gasteiger charge is -2.28. The molecule has 1 aliphatic rings. The van der Waals surface area contributed by atoms with E-state index in [-0.39, 0.29) is 29.3 Å². The van der Waals surface area contributed by atoms with E-state index >= 15 is 0 Å². The number of carbonyl (C=O) groups excluding carboxylic acids is 1. The molecule has 0 fully saturated rings. The number of nitrogens with zero attached hydrogens (tertiary/aromatic N) is 1. The average Bonchev–Trinajstić information content (AvgIpc) is 3.24. The molecule has 8 nitrogen and oxygen atoms in total. The summed E-state index contributed by atoms with van der Waals surface area (Å²) in [5, 5.41) is 10.0. The second kappa shape index (κ2) is 11.8. The molecule has 4 rings (SSSR count). The summed E-state index contributed by atoms with van der Waals surface area (Å²) in [6, 6.07) is 20.1. The molecule has 3 N–H and O–H groups in total. The first kappa shape index (κ1) is 29.3. The second-order valence-corrected chi connectivity index (χ2v) is 12.8. The number of fused-ring (bicyclic) bond motifs is 3. The average molecular weight is 565 g/mol. The summed E-state index contributed by atoms with van der Waals surface area (Å²) < 4.78 is 33.7. The summed E-state index contributed by atoms with van der Waals surface area (Å²) in [7, 11) is -4.56. The molecule has 0 unspecified atom stereocenters. The maximum absolute atomic E-state index is 13.8. The number of benzene rings is 3. The molecule has 0 aliphatic heterocycles. The molecule has 3 aromatic rings. The van der Waals surface area contributed by atoms with Crippen molar-refractivity contribution in [3.05, 3.63) is 89.5 Å². The Hall–Kier alpha value is -3.69. The first-order valence-electron chi connectivity index (χ1n) is 13.4. The van der Waals surface area contributed by atoms with Crippen molar-refractivity contribution in [2.45, 2.75) is 62.3 Å². The summed E-state index contributed by atoms with van der Waals surface area (Å²) in [4.78, 5) is 25.7. The van der Waals surface area contributed by atoms with Gasteiger partial charge >= 0.3 is 12.1 Å². The molecule has 0 saturated carbocycles. The Bertz CT molecular complexity index is 1430. The summed E-state index contributed by atoms with van der Waals surface area (Å²) in [5.74, 6) is -1.74. The van der Waals surface area contributed by atoms with Crippen LogP contribution in [-0.4, -0.2) is 49.1 Å². The van der Waals surface area contributed by atoms with Crippen LogP contribution in [0.5, 0.6) is 0 Å². The third-order valence-corrected chi connectivity index (χ3v) is 9.08. The predicted octanol–water partition coefficient (Wildman–Crippen LogP) is 5.51. The number of aliphatic carboxylic acids is 1. The van der Waals surface area contributed by atoms with Gasteiger partial charge < -0.3 is 15.6 Å². The fourth-order valence-corrected chi connectivity index (χ4v) is 6.60. The maximum Gasteiger partial charge on any atom is 0.424 e. The Labute approximate surface area is 235 Å². The first-order valence-corrected chi connectivity index (χ1v) is 14.8. The van der Waals surface area contributed by atoms with Crippen molar-refractivity contribution >= 4 is 22.1 Å². The van der Waals surface area contributed by atoms with Crippen LogP contribution in [-0.2, 0) is 25.0 Å². The number of rotatable bonds is 10. The first-order chi connectivity index (χ1) is 19.0. The predicted molar refractivity (Wildman–Crippen MR) is 154 cm³/mol. The SMILES string of the molecule is CC(C)(C)c1ccc(S(=O)(=O)N(C(=O)OCC2c3ccccc3-c3ccccc32)[C@@H](CCCCN)C(=O)O)cc1. The third-order valence-electron chi connectivity index (χ3n) is 7.29. The van der Waals surface area contributed by atoms with Gasteiger partial charge in [0, 0.05) is 5.92 Å². The van der Waals surface area contributed by atoms with Crippen LogP contribution in [0.25, 0.3) is 11.1 Å². The maximum atomic E-state index is 13.8. The van der Waals surface area contributed by atoms with Crippen molar-refractivity contribution in [3.8, 4) is 11.1 Å². The van der Waals surface area contributed by atoms with E-state index in [0.717, 1.165) is 27.8 Å². The van der Waals surface area contributed by atoms with Crippen molar-refractivity contribution in [3.63, 3.8) is 0 Å². The van der Waals surface area contributed by atoms with E-state index in [2.05, 4.69) is 0 Å². The van der Waals surface area contributed by atoms with Gasteiger partial charge in [-0.25, -0.2) is 18.0 Å². The molecule has 0 bridgehead atoms. The highest BCUT2D eigenvalue weighted by Gasteiger charge is 2.41. The highest BCUT2D eigenvalue weighted by atomic mass is 32.2. The minimum absolute atomic E-state index is 0.0873. The minimum Gasteiger partial charge on any atom is -0.480 e. The van der Waals surface area contributed by atoms with Gasteiger partial charge in [0.1, 0.15) is 12.6 Å². The van der Waals surface area contributed by atoms with E-state index in [1.54, 1.807) is 12.1 Å². The van der Waals surface area contributed by atoms with Gasteiger partial charge in [0.15, 0.2) is 0 Å². The molecule has 0 aromatic heterocycles. The number of hydrogen-bond donors (Lipinski definition) is 2. The highest BCUT2D eigenvalue weighted by Crippen LogP contribution is 2.44. The fourth-order valence-electron chi connectivity index (χ4n) is 5.11. The zero-order valence-electron chi connectivity index (χ0n) is 23.0. The third kappa shape index (κ3) is 5.90. The number of unbranched alkanes of at least 4 members (excludes halogenated alkanes) is 1. The fraction of sp³-hybridized carbons (Fsp3) is 0.355. The van der Waals surface area contributed by atoms with Crippen LogP contribution in [0, 0.1) is 0 Å². The second-order valence-electron chi connectivity index (χ2n) is 11.0. The van der Waals surface area contributed by atoms with Crippen molar-refractivity contribution in [2.75, 3.05) is 13.2 Å². The van der Waals surface area contributed by atoms with Crippen molar-refractivity contribution in [2.24, 2.45) is 5.73 Å². The number of nitrogens with two attached hydrogens (primary N) is 1. The summed E-state index contributed by atoms with van der Waals surface area (Å²) in [6.07, 6.45) is -0.487. The molecular formula is C31H36N2O6S. The number of carboxylic acids is 1. The Balaban J connectivity index is 1.67. The summed E-state index contributed by atoms with van der Waals surface area (Å²) in [5.41, 5.74) is 10.2. The molecule has 0 heterocycles. The van der Waals surface area contributed by atoms with Crippen LogP contribution < -0.4 is 5.73 Å². The molecule has 1 aliphatic carbocycles. The van der Waals surface area contributed by atoms with Gasteiger partial charge in [-0.1, -0.05) is 81.4 Å². The van der Waals surface area contributed by atoms with Gasteiger partial charge in [0.05, 0.1) is 4.90 Å². The Kier molecular flexibility index (Phi) is 8.65. The van der Waals surface area contributed by atoms with Crippen LogP contribution in [0.15, 0.2) is 77.7 Å².